The van der Waals surface area contributed by atoms with Gasteiger partial charge in [-0.25, -0.2) is 4.79 Å². The van der Waals surface area contributed by atoms with Crippen molar-refractivity contribution < 1.29 is 14.0 Å². The first-order valence-electron chi connectivity index (χ1n) is 8.65. The molecule has 0 radical (unpaired) electrons. The first-order chi connectivity index (χ1) is 11.1. The molecule has 3 nitrogen and oxygen atoms in total. The molecule has 1 aromatic rings. The highest BCUT2D eigenvalue weighted by atomic mass is 28.4. The Balaban J connectivity index is 3.00. The zero-order valence-corrected chi connectivity index (χ0v) is 17.2. The normalized spacial score (nSPS) is 14.4. The van der Waals surface area contributed by atoms with Crippen LogP contribution in [0.25, 0.3) is 0 Å². The van der Waals surface area contributed by atoms with Gasteiger partial charge >= 0.3 is 5.97 Å². The van der Waals surface area contributed by atoms with Crippen LogP contribution in [0.3, 0.4) is 0 Å². The average molecular weight is 349 g/mol. The van der Waals surface area contributed by atoms with Crippen LogP contribution >= 0.6 is 0 Å². The molecule has 0 amide bonds. The van der Waals surface area contributed by atoms with E-state index in [0.717, 1.165) is 5.56 Å². The third kappa shape index (κ3) is 5.91. The number of esters is 1. The van der Waals surface area contributed by atoms with Gasteiger partial charge in [-0.3, -0.25) is 0 Å². The molecule has 24 heavy (non-hydrogen) atoms. The van der Waals surface area contributed by atoms with E-state index in [2.05, 4.69) is 46.0 Å². The van der Waals surface area contributed by atoms with Crippen LogP contribution in [-0.2, 0) is 14.0 Å². The summed E-state index contributed by atoms with van der Waals surface area (Å²) in [4.78, 5) is 11.8. The number of carbonyl (C=O) groups is 1. The highest BCUT2D eigenvalue weighted by Gasteiger charge is 2.39. The molecule has 0 spiro atoms. The van der Waals surface area contributed by atoms with Gasteiger partial charge in [0.1, 0.15) is 0 Å². The van der Waals surface area contributed by atoms with Gasteiger partial charge in [0.2, 0.25) is 0 Å². The summed E-state index contributed by atoms with van der Waals surface area (Å²) in [6.07, 6.45) is 2.56. The minimum atomic E-state index is -1.91. The van der Waals surface area contributed by atoms with Crippen molar-refractivity contribution in [2.45, 2.75) is 65.3 Å². The summed E-state index contributed by atoms with van der Waals surface area (Å²) in [5.74, 6) is -0.253. The number of hydrogen-bond donors (Lipinski definition) is 0. The molecule has 0 N–H and O–H groups in total. The maximum Gasteiger partial charge on any atom is 0.333 e. The Morgan fingerprint density at radius 1 is 1.21 bits per heavy atom. The fraction of sp³-hybridized carbons (Fsp3) is 0.550. The van der Waals surface area contributed by atoms with E-state index in [1.54, 1.807) is 6.92 Å². The third-order valence-corrected chi connectivity index (χ3v) is 9.14. The molecule has 0 aliphatic heterocycles. The lowest BCUT2D eigenvalue weighted by Crippen LogP contribution is -2.41. The Hall–Kier alpha value is -1.39. The van der Waals surface area contributed by atoms with Crippen molar-refractivity contribution in [1.29, 1.82) is 0 Å². The fourth-order valence-electron chi connectivity index (χ4n) is 2.06. The van der Waals surface area contributed by atoms with Crippen molar-refractivity contribution in [3.05, 3.63) is 47.5 Å². The van der Waals surface area contributed by atoms with Gasteiger partial charge < -0.3 is 9.16 Å². The highest BCUT2D eigenvalue weighted by Crippen LogP contribution is 2.40. The topological polar surface area (TPSA) is 35.5 Å². The van der Waals surface area contributed by atoms with Gasteiger partial charge in [-0.1, -0.05) is 57.2 Å². The summed E-state index contributed by atoms with van der Waals surface area (Å²) >= 11 is 0. The van der Waals surface area contributed by atoms with Crippen molar-refractivity contribution in [1.82, 2.24) is 0 Å². The molecule has 0 aromatic heterocycles. The zero-order chi connectivity index (χ0) is 18.4. The summed E-state index contributed by atoms with van der Waals surface area (Å²) < 4.78 is 11.7. The lowest BCUT2D eigenvalue weighted by atomic mass is 10.1. The number of rotatable bonds is 7. The largest absolute Gasteiger partial charge is 0.463 e. The lowest BCUT2D eigenvalue weighted by molar-refractivity contribution is -0.138. The second-order valence-electron chi connectivity index (χ2n) is 7.62. The summed E-state index contributed by atoms with van der Waals surface area (Å²) in [5, 5.41) is 0.139. The van der Waals surface area contributed by atoms with Gasteiger partial charge in [-0.05, 0) is 44.0 Å². The molecule has 0 aliphatic carbocycles. The van der Waals surface area contributed by atoms with E-state index >= 15 is 0 Å². The molecular weight excluding hydrogens is 316 g/mol. The molecule has 4 heteroatoms. The van der Waals surface area contributed by atoms with Gasteiger partial charge in [-0.2, -0.15) is 0 Å². The maximum absolute atomic E-state index is 11.8. The van der Waals surface area contributed by atoms with Gasteiger partial charge in [0.25, 0.3) is 0 Å². The lowest BCUT2D eigenvalue weighted by Gasteiger charge is -2.39. The second-order valence-corrected chi connectivity index (χ2v) is 12.4. The van der Waals surface area contributed by atoms with E-state index in [-0.39, 0.29) is 17.1 Å². The molecule has 0 aliphatic rings. The van der Waals surface area contributed by atoms with Crippen molar-refractivity contribution in [3.63, 3.8) is 0 Å². The molecule has 0 saturated heterocycles. The third-order valence-electron chi connectivity index (χ3n) is 4.65. The summed E-state index contributed by atoms with van der Waals surface area (Å²) in [6, 6.07) is 10.2. The van der Waals surface area contributed by atoms with Gasteiger partial charge in [-0.15, -0.1) is 0 Å². The predicted molar refractivity (Wildman–Crippen MR) is 102 cm³/mol. The fourth-order valence-corrected chi connectivity index (χ4v) is 3.36. The molecule has 0 saturated carbocycles. The van der Waals surface area contributed by atoms with Gasteiger partial charge in [0.05, 0.1) is 12.7 Å². The Morgan fingerprint density at radius 3 is 2.29 bits per heavy atom. The average Bonchev–Trinajstić information content (AvgIpc) is 2.51. The number of hydrogen-bond acceptors (Lipinski definition) is 3. The number of carbonyl (C=O) groups excluding carboxylic acids is 1. The first-order valence-corrected chi connectivity index (χ1v) is 11.6. The molecule has 1 unspecified atom stereocenters. The molecule has 1 aromatic carbocycles. The number of benzene rings is 1. The molecule has 0 bridgehead atoms. The van der Waals surface area contributed by atoms with Crippen LogP contribution in [0.15, 0.2) is 42.0 Å². The predicted octanol–water partition coefficient (Wildman–Crippen LogP) is 5.65. The zero-order valence-electron chi connectivity index (χ0n) is 16.2. The van der Waals surface area contributed by atoms with Gasteiger partial charge in [0, 0.05) is 5.57 Å². The molecule has 1 atom stereocenters. The Morgan fingerprint density at radius 2 is 1.79 bits per heavy atom. The van der Waals surface area contributed by atoms with E-state index in [9.17, 15) is 4.79 Å². The first kappa shape index (κ1) is 20.7. The standard InChI is InChI=1S/C20H32O3Si/c1-8-22-19(21)16(2)14-15-18(17-12-10-9-11-13-17)23-24(6,7)20(3,4)5/h9-14,18H,8,15H2,1-7H3/b16-14+. The van der Waals surface area contributed by atoms with Crippen molar-refractivity contribution >= 4 is 14.3 Å². The monoisotopic (exact) mass is 348 g/mol. The van der Waals surface area contributed by atoms with E-state index < -0.39 is 8.32 Å². The molecule has 0 heterocycles. The van der Waals surface area contributed by atoms with E-state index in [1.165, 1.54) is 0 Å². The van der Waals surface area contributed by atoms with E-state index in [4.69, 9.17) is 9.16 Å². The van der Waals surface area contributed by atoms with Crippen LogP contribution in [0, 0.1) is 0 Å². The Kier molecular flexibility index (Phi) is 7.43. The molecule has 0 fully saturated rings. The number of ether oxygens (including phenoxy) is 1. The van der Waals surface area contributed by atoms with Gasteiger partial charge in [0.15, 0.2) is 8.32 Å². The Labute approximate surface area is 148 Å². The maximum atomic E-state index is 11.8. The highest BCUT2D eigenvalue weighted by molar-refractivity contribution is 6.74. The SMILES string of the molecule is CCOC(=O)/C(C)=C/CC(O[Si](C)(C)C(C)(C)C)c1ccccc1. The summed E-state index contributed by atoms with van der Waals surface area (Å²) in [7, 11) is -1.91. The molecule has 134 valence electrons. The van der Waals surface area contributed by atoms with E-state index in [0.29, 0.717) is 18.6 Å². The van der Waals surface area contributed by atoms with Crippen LogP contribution in [0.1, 0.15) is 52.7 Å². The molecule has 1 rings (SSSR count). The van der Waals surface area contributed by atoms with Crippen LogP contribution < -0.4 is 0 Å². The van der Waals surface area contributed by atoms with Crippen LogP contribution in [0.2, 0.25) is 18.1 Å². The second kappa shape index (κ2) is 8.63. The minimum absolute atomic E-state index is 0.0449. The summed E-state index contributed by atoms with van der Waals surface area (Å²) in [6.45, 7) is 15.2. The van der Waals surface area contributed by atoms with Crippen molar-refractivity contribution in [2.24, 2.45) is 0 Å². The van der Waals surface area contributed by atoms with E-state index in [1.807, 2.05) is 31.2 Å². The smallest absolute Gasteiger partial charge is 0.333 e. The van der Waals surface area contributed by atoms with Crippen LogP contribution in [-0.4, -0.2) is 20.9 Å². The quantitative estimate of drug-likeness (QED) is 0.363. The van der Waals surface area contributed by atoms with Crippen LogP contribution in [0.5, 0.6) is 0 Å². The van der Waals surface area contributed by atoms with Crippen molar-refractivity contribution in [2.75, 3.05) is 6.61 Å². The van der Waals surface area contributed by atoms with Crippen molar-refractivity contribution in [3.8, 4) is 0 Å². The Bertz CT molecular complexity index is 556. The minimum Gasteiger partial charge on any atom is -0.463 e. The molecular formula is C20H32O3Si. The summed E-state index contributed by atoms with van der Waals surface area (Å²) in [5.41, 5.74) is 1.78. The van der Waals surface area contributed by atoms with Crippen LogP contribution in [0.4, 0.5) is 0 Å².